The van der Waals surface area contributed by atoms with Crippen LogP contribution in [0.4, 0.5) is 0 Å². The van der Waals surface area contributed by atoms with Gasteiger partial charge < -0.3 is 9.84 Å². The van der Waals surface area contributed by atoms with Gasteiger partial charge in [0.25, 0.3) is 0 Å². The maximum absolute atomic E-state index is 11.3. The van der Waals surface area contributed by atoms with Gasteiger partial charge in [0.15, 0.2) is 0 Å². The fourth-order valence-electron chi connectivity index (χ4n) is 3.62. The van der Waals surface area contributed by atoms with Gasteiger partial charge in [-0.2, -0.15) is 0 Å². The molecular formula is C14H24O3. The van der Waals surface area contributed by atoms with E-state index in [0.717, 1.165) is 32.1 Å². The second-order valence-electron chi connectivity index (χ2n) is 5.69. The highest BCUT2D eigenvalue weighted by atomic mass is 16.5. The Balaban J connectivity index is 1.95. The Hall–Kier alpha value is -0.570. The molecule has 0 aliphatic heterocycles. The zero-order valence-electron chi connectivity index (χ0n) is 10.9. The van der Waals surface area contributed by atoms with Crippen molar-refractivity contribution in [1.82, 2.24) is 0 Å². The molecule has 0 aromatic carbocycles. The largest absolute Gasteiger partial charge is 0.462 e. The van der Waals surface area contributed by atoms with Crippen LogP contribution >= 0.6 is 0 Å². The van der Waals surface area contributed by atoms with Crippen molar-refractivity contribution in [2.75, 3.05) is 0 Å². The van der Waals surface area contributed by atoms with Gasteiger partial charge in [0, 0.05) is 6.42 Å². The van der Waals surface area contributed by atoms with Crippen LogP contribution in [0.2, 0.25) is 0 Å². The highest BCUT2D eigenvalue weighted by Gasteiger charge is 2.42. The van der Waals surface area contributed by atoms with Crippen molar-refractivity contribution < 1.29 is 14.6 Å². The lowest BCUT2D eigenvalue weighted by Gasteiger charge is -2.45. The van der Waals surface area contributed by atoms with Crippen LogP contribution in [-0.2, 0) is 9.53 Å². The molecule has 0 radical (unpaired) electrons. The quantitative estimate of drug-likeness (QED) is 0.771. The van der Waals surface area contributed by atoms with E-state index in [1.54, 1.807) is 0 Å². The molecule has 2 bridgehead atoms. The molecule has 0 aromatic rings. The molecule has 0 saturated heterocycles. The van der Waals surface area contributed by atoms with Gasteiger partial charge in [-0.05, 0) is 43.4 Å². The molecule has 2 aliphatic carbocycles. The third-order valence-corrected chi connectivity index (χ3v) is 4.51. The lowest BCUT2D eigenvalue weighted by atomic mass is 9.65. The summed E-state index contributed by atoms with van der Waals surface area (Å²) in [6, 6.07) is 0. The monoisotopic (exact) mass is 240 g/mol. The molecule has 2 fully saturated rings. The van der Waals surface area contributed by atoms with Crippen molar-refractivity contribution in [3.8, 4) is 0 Å². The fourth-order valence-corrected chi connectivity index (χ4v) is 3.62. The molecular weight excluding hydrogens is 216 g/mol. The van der Waals surface area contributed by atoms with E-state index in [1.807, 2.05) is 6.92 Å². The normalized spacial score (nSPS) is 41.0. The maximum Gasteiger partial charge on any atom is 0.305 e. The first-order valence-electron chi connectivity index (χ1n) is 7.01. The number of fused-ring (bicyclic) bond motifs is 2. The Morgan fingerprint density at radius 3 is 2.65 bits per heavy atom. The summed E-state index contributed by atoms with van der Waals surface area (Å²) in [6.45, 7) is 3.98. The number of aliphatic hydroxyl groups is 1. The molecule has 3 nitrogen and oxygen atoms in total. The zero-order chi connectivity index (χ0) is 12.4. The van der Waals surface area contributed by atoms with Crippen LogP contribution in [0.15, 0.2) is 0 Å². The van der Waals surface area contributed by atoms with Crippen LogP contribution in [0.1, 0.15) is 52.4 Å². The van der Waals surface area contributed by atoms with E-state index in [4.69, 9.17) is 4.74 Å². The van der Waals surface area contributed by atoms with Gasteiger partial charge in [-0.15, -0.1) is 0 Å². The zero-order valence-corrected chi connectivity index (χ0v) is 10.9. The van der Waals surface area contributed by atoms with E-state index in [1.165, 1.54) is 0 Å². The Bertz CT molecular complexity index is 277. The summed E-state index contributed by atoms with van der Waals surface area (Å²) in [5.41, 5.74) is 0. The topological polar surface area (TPSA) is 46.5 Å². The second-order valence-corrected chi connectivity index (χ2v) is 5.69. The van der Waals surface area contributed by atoms with E-state index in [9.17, 15) is 9.90 Å². The second kappa shape index (κ2) is 5.38. The lowest BCUT2D eigenvalue weighted by Crippen LogP contribution is -2.44. The average molecular weight is 240 g/mol. The molecule has 1 N–H and O–H groups in total. The van der Waals surface area contributed by atoms with Crippen molar-refractivity contribution in [3.63, 3.8) is 0 Å². The molecule has 0 heterocycles. The summed E-state index contributed by atoms with van der Waals surface area (Å²) in [5, 5.41) is 10.2. The van der Waals surface area contributed by atoms with Crippen molar-refractivity contribution >= 4 is 5.97 Å². The minimum absolute atomic E-state index is 0.0543. The highest BCUT2D eigenvalue weighted by Crippen LogP contribution is 2.44. The van der Waals surface area contributed by atoms with E-state index >= 15 is 0 Å². The SMILES string of the molecule is CCC(=O)OC1CC2CC(CC)C(O)C(C2)C1. The van der Waals surface area contributed by atoms with Crippen LogP contribution in [0.25, 0.3) is 0 Å². The van der Waals surface area contributed by atoms with Crippen LogP contribution in [0.3, 0.4) is 0 Å². The third-order valence-electron chi connectivity index (χ3n) is 4.51. The minimum atomic E-state index is -0.181. The first-order chi connectivity index (χ1) is 8.13. The van der Waals surface area contributed by atoms with E-state index in [2.05, 4.69) is 6.92 Å². The molecule has 17 heavy (non-hydrogen) atoms. The molecule has 2 aliphatic rings. The fraction of sp³-hybridized carbons (Fsp3) is 0.929. The van der Waals surface area contributed by atoms with Gasteiger partial charge in [0.1, 0.15) is 6.10 Å². The molecule has 2 rings (SSSR count). The van der Waals surface area contributed by atoms with Crippen molar-refractivity contribution in [2.45, 2.75) is 64.6 Å². The molecule has 98 valence electrons. The van der Waals surface area contributed by atoms with Crippen LogP contribution in [0.5, 0.6) is 0 Å². The standard InChI is InChI=1S/C14H24O3/c1-3-10-5-9-6-11(14(10)16)8-12(7-9)17-13(15)4-2/h9-12,14,16H,3-8H2,1-2H3. The van der Waals surface area contributed by atoms with E-state index in [-0.39, 0.29) is 18.2 Å². The van der Waals surface area contributed by atoms with Gasteiger partial charge in [-0.25, -0.2) is 0 Å². The number of aliphatic hydroxyl groups excluding tert-OH is 1. The Morgan fingerprint density at radius 2 is 2.00 bits per heavy atom. The summed E-state index contributed by atoms with van der Waals surface area (Å²) >= 11 is 0. The van der Waals surface area contributed by atoms with Gasteiger partial charge in [-0.3, -0.25) is 4.79 Å². The average Bonchev–Trinajstić information content (AvgIpc) is 2.33. The molecule has 0 spiro atoms. The van der Waals surface area contributed by atoms with Crippen LogP contribution in [-0.4, -0.2) is 23.3 Å². The predicted octanol–water partition coefficient (Wildman–Crippen LogP) is 2.52. The first-order valence-corrected chi connectivity index (χ1v) is 7.01. The Morgan fingerprint density at radius 1 is 1.24 bits per heavy atom. The van der Waals surface area contributed by atoms with Crippen molar-refractivity contribution in [1.29, 1.82) is 0 Å². The Labute approximate surface area is 104 Å². The number of hydrogen-bond donors (Lipinski definition) is 1. The number of ether oxygens (including phenoxy) is 1. The van der Waals surface area contributed by atoms with Gasteiger partial charge in [-0.1, -0.05) is 20.3 Å². The number of esters is 1. The van der Waals surface area contributed by atoms with Gasteiger partial charge in [0.05, 0.1) is 6.10 Å². The van der Waals surface area contributed by atoms with Crippen LogP contribution < -0.4 is 0 Å². The number of rotatable bonds is 3. The summed E-state index contributed by atoms with van der Waals surface area (Å²) in [6.07, 6.45) is 5.48. The smallest absolute Gasteiger partial charge is 0.305 e. The van der Waals surface area contributed by atoms with E-state index in [0.29, 0.717) is 24.2 Å². The summed E-state index contributed by atoms with van der Waals surface area (Å²) in [7, 11) is 0. The number of hydrogen-bond acceptors (Lipinski definition) is 3. The molecule has 5 atom stereocenters. The predicted molar refractivity (Wildman–Crippen MR) is 65.4 cm³/mol. The van der Waals surface area contributed by atoms with Gasteiger partial charge in [0.2, 0.25) is 0 Å². The summed E-state index contributed by atoms with van der Waals surface area (Å²) < 4.78 is 5.44. The minimum Gasteiger partial charge on any atom is -0.462 e. The van der Waals surface area contributed by atoms with Crippen molar-refractivity contribution in [3.05, 3.63) is 0 Å². The Kier molecular flexibility index (Phi) is 4.08. The molecule has 0 amide bonds. The van der Waals surface area contributed by atoms with Gasteiger partial charge >= 0.3 is 5.97 Å². The van der Waals surface area contributed by atoms with Crippen LogP contribution in [0, 0.1) is 17.8 Å². The first kappa shape index (κ1) is 12.9. The maximum atomic E-state index is 11.3. The lowest BCUT2D eigenvalue weighted by molar-refractivity contribution is -0.156. The highest BCUT2D eigenvalue weighted by molar-refractivity contribution is 5.69. The molecule has 3 heteroatoms. The summed E-state index contributed by atoms with van der Waals surface area (Å²) in [4.78, 5) is 11.3. The number of carbonyl (C=O) groups excluding carboxylic acids is 1. The third kappa shape index (κ3) is 2.82. The molecule has 5 unspecified atom stereocenters. The molecule has 0 aromatic heterocycles. The van der Waals surface area contributed by atoms with Crippen molar-refractivity contribution in [2.24, 2.45) is 17.8 Å². The summed E-state index contributed by atoms with van der Waals surface area (Å²) in [5.74, 6) is 1.36. The number of carbonyl (C=O) groups is 1. The van der Waals surface area contributed by atoms with E-state index < -0.39 is 0 Å². The molecule has 2 saturated carbocycles.